The maximum atomic E-state index is 13.4. The number of aromatic amines is 2. The highest BCUT2D eigenvalue weighted by molar-refractivity contribution is 6.03. The summed E-state index contributed by atoms with van der Waals surface area (Å²) in [6.07, 6.45) is 3.04. The van der Waals surface area contributed by atoms with Crippen LogP contribution in [-0.2, 0) is 4.79 Å². The SMILES string of the molecule is O=C(Nc1ccc2[nH]ncc2c1)[C@@H]1CCCN1C(=O)c1cc2cc(F)ccc2[nH]1. The highest BCUT2D eigenvalue weighted by Gasteiger charge is 2.35. The lowest BCUT2D eigenvalue weighted by molar-refractivity contribution is -0.119. The summed E-state index contributed by atoms with van der Waals surface area (Å²) in [4.78, 5) is 30.5. The molecule has 146 valence electrons. The molecule has 2 amide bonds. The minimum absolute atomic E-state index is 0.221. The lowest BCUT2D eigenvalue weighted by Gasteiger charge is -2.23. The molecule has 7 nitrogen and oxygen atoms in total. The topological polar surface area (TPSA) is 93.9 Å². The van der Waals surface area contributed by atoms with Gasteiger partial charge in [-0.2, -0.15) is 5.10 Å². The standard InChI is InChI=1S/C21H18FN5O2/c22-14-3-5-16-12(8-14)10-18(25-16)21(29)27-7-1-2-19(27)20(28)24-15-4-6-17-13(9-15)11-23-26-17/h3-6,8-11,19,25H,1-2,7H2,(H,23,26)(H,24,28)/t19-/m0/s1. The molecule has 8 heteroatoms. The van der Waals surface area contributed by atoms with Gasteiger partial charge in [0.15, 0.2) is 0 Å². The van der Waals surface area contributed by atoms with Gasteiger partial charge >= 0.3 is 0 Å². The molecule has 0 bridgehead atoms. The van der Waals surface area contributed by atoms with E-state index >= 15 is 0 Å². The molecule has 29 heavy (non-hydrogen) atoms. The molecule has 1 saturated heterocycles. The van der Waals surface area contributed by atoms with Gasteiger partial charge in [0, 0.05) is 28.5 Å². The zero-order valence-corrected chi connectivity index (χ0v) is 15.4. The van der Waals surface area contributed by atoms with Crippen molar-refractivity contribution < 1.29 is 14.0 Å². The van der Waals surface area contributed by atoms with Crippen molar-refractivity contribution in [1.29, 1.82) is 0 Å². The van der Waals surface area contributed by atoms with Crippen LogP contribution in [0.25, 0.3) is 21.8 Å². The first kappa shape index (κ1) is 17.4. The van der Waals surface area contributed by atoms with E-state index in [2.05, 4.69) is 20.5 Å². The molecule has 3 N–H and O–H groups in total. The van der Waals surface area contributed by atoms with Crippen LogP contribution in [0.5, 0.6) is 0 Å². The van der Waals surface area contributed by atoms with Gasteiger partial charge in [0.25, 0.3) is 5.91 Å². The summed E-state index contributed by atoms with van der Waals surface area (Å²) < 4.78 is 13.4. The normalized spacial score (nSPS) is 16.6. The summed E-state index contributed by atoms with van der Waals surface area (Å²) in [5.41, 5.74) is 2.58. The lowest BCUT2D eigenvalue weighted by atomic mass is 10.1. The monoisotopic (exact) mass is 391 g/mol. The highest BCUT2D eigenvalue weighted by Crippen LogP contribution is 2.24. The van der Waals surface area contributed by atoms with Gasteiger partial charge in [-0.1, -0.05) is 0 Å². The Morgan fingerprint density at radius 1 is 1.10 bits per heavy atom. The predicted octanol–water partition coefficient (Wildman–Crippen LogP) is 3.43. The number of nitrogens with zero attached hydrogens (tertiary/aromatic N) is 2. The van der Waals surface area contributed by atoms with Crippen LogP contribution < -0.4 is 5.32 Å². The number of rotatable bonds is 3. The number of nitrogens with one attached hydrogen (secondary N) is 3. The van der Waals surface area contributed by atoms with Gasteiger partial charge in [0.1, 0.15) is 17.6 Å². The number of benzene rings is 2. The summed E-state index contributed by atoms with van der Waals surface area (Å²) in [5.74, 6) is -0.839. The van der Waals surface area contributed by atoms with Gasteiger partial charge in [0.2, 0.25) is 5.91 Å². The van der Waals surface area contributed by atoms with E-state index in [9.17, 15) is 14.0 Å². The molecule has 2 aromatic carbocycles. The number of H-pyrrole nitrogens is 2. The first-order chi connectivity index (χ1) is 14.1. The molecule has 0 spiro atoms. The predicted molar refractivity (Wildman–Crippen MR) is 107 cm³/mol. The second-order valence-corrected chi connectivity index (χ2v) is 7.23. The fraction of sp³-hybridized carbons (Fsp3) is 0.190. The molecule has 0 saturated carbocycles. The average Bonchev–Trinajstić information content (AvgIpc) is 3.45. The third-order valence-electron chi connectivity index (χ3n) is 5.34. The molecular formula is C21H18FN5O2. The molecule has 0 radical (unpaired) electrons. The van der Waals surface area contributed by atoms with Crippen LogP contribution in [0.3, 0.4) is 0 Å². The molecule has 1 atom stereocenters. The first-order valence-electron chi connectivity index (χ1n) is 9.42. The van der Waals surface area contributed by atoms with E-state index in [0.29, 0.717) is 35.2 Å². The Morgan fingerprint density at radius 2 is 1.97 bits per heavy atom. The van der Waals surface area contributed by atoms with Gasteiger partial charge in [-0.25, -0.2) is 4.39 Å². The van der Waals surface area contributed by atoms with Crippen molar-refractivity contribution in [3.8, 4) is 0 Å². The van der Waals surface area contributed by atoms with Crippen molar-refractivity contribution in [2.75, 3.05) is 11.9 Å². The first-order valence-corrected chi connectivity index (χ1v) is 9.42. The summed E-state index contributed by atoms with van der Waals surface area (Å²) in [6.45, 7) is 0.501. The quantitative estimate of drug-likeness (QED) is 0.499. The Morgan fingerprint density at radius 3 is 2.86 bits per heavy atom. The Hall–Kier alpha value is -3.68. The van der Waals surface area contributed by atoms with Crippen molar-refractivity contribution in [2.45, 2.75) is 18.9 Å². The molecular weight excluding hydrogens is 373 g/mol. The maximum absolute atomic E-state index is 13.4. The third kappa shape index (κ3) is 3.12. The minimum atomic E-state index is -0.550. The molecule has 1 fully saturated rings. The van der Waals surface area contributed by atoms with E-state index in [1.165, 1.54) is 12.1 Å². The van der Waals surface area contributed by atoms with Gasteiger partial charge in [0.05, 0.1) is 11.7 Å². The summed E-state index contributed by atoms with van der Waals surface area (Å²) in [5, 5.41) is 11.3. The molecule has 0 aliphatic carbocycles. The van der Waals surface area contributed by atoms with Gasteiger partial charge in [-0.3, -0.25) is 14.7 Å². The Kier molecular flexibility index (Phi) is 4.04. The fourth-order valence-corrected chi connectivity index (χ4v) is 3.90. The zero-order chi connectivity index (χ0) is 20.0. The number of hydrogen-bond donors (Lipinski definition) is 3. The van der Waals surface area contributed by atoms with E-state index in [0.717, 1.165) is 17.3 Å². The Balaban J connectivity index is 1.36. The van der Waals surface area contributed by atoms with E-state index in [1.807, 2.05) is 12.1 Å². The molecule has 5 rings (SSSR count). The minimum Gasteiger partial charge on any atom is -0.351 e. The average molecular weight is 391 g/mol. The Labute approximate surface area is 164 Å². The summed E-state index contributed by atoms with van der Waals surface area (Å²) >= 11 is 0. The third-order valence-corrected chi connectivity index (χ3v) is 5.34. The van der Waals surface area contributed by atoms with Crippen LogP contribution in [0, 0.1) is 5.82 Å². The number of carbonyl (C=O) groups is 2. The number of fused-ring (bicyclic) bond motifs is 2. The number of anilines is 1. The van der Waals surface area contributed by atoms with Crippen LogP contribution in [0.4, 0.5) is 10.1 Å². The summed E-state index contributed by atoms with van der Waals surface area (Å²) in [7, 11) is 0. The van der Waals surface area contributed by atoms with Gasteiger partial charge < -0.3 is 15.2 Å². The number of likely N-dealkylation sites (tertiary alicyclic amines) is 1. The van der Waals surface area contributed by atoms with Crippen LogP contribution >= 0.6 is 0 Å². The number of hydrogen-bond acceptors (Lipinski definition) is 3. The van der Waals surface area contributed by atoms with E-state index in [-0.39, 0.29) is 17.6 Å². The smallest absolute Gasteiger partial charge is 0.270 e. The van der Waals surface area contributed by atoms with Crippen LogP contribution in [0.2, 0.25) is 0 Å². The second kappa shape index (κ2) is 6.73. The van der Waals surface area contributed by atoms with E-state index in [4.69, 9.17) is 0 Å². The Bertz CT molecular complexity index is 1240. The molecule has 3 heterocycles. The zero-order valence-electron chi connectivity index (χ0n) is 15.4. The van der Waals surface area contributed by atoms with E-state index in [1.54, 1.807) is 29.3 Å². The fourth-order valence-electron chi connectivity index (χ4n) is 3.90. The van der Waals surface area contributed by atoms with E-state index < -0.39 is 6.04 Å². The van der Waals surface area contributed by atoms with Crippen LogP contribution in [0.15, 0.2) is 48.7 Å². The number of amides is 2. The van der Waals surface area contributed by atoms with Crippen molar-refractivity contribution in [3.05, 3.63) is 60.2 Å². The van der Waals surface area contributed by atoms with Crippen molar-refractivity contribution in [3.63, 3.8) is 0 Å². The van der Waals surface area contributed by atoms with Crippen molar-refractivity contribution in [2.24, 2.45) is 0 Å². The number of carbonyl (C=O) groups excluding carboxylic acids is 2. The van der Waals surface area contributed by atoms with Crippen LogP contribution in [0.1, 0.15) is 23.3 Å². The number of halogens is 1. The maximum Gasteiger partial charge on any atom is 0.270 e. The number of aromatic nitrogens is 3. The molecule has 0 unspecified atom stereocenters. The molecule has 2 aromatic heterocycles. The second-order valence-electron chi connectivity index (χ2n) is 7.23. The largest absolute Gasteiger partial charge is 0.351 e. The molecule has 1 aliphatic rings. The van der Waals surface area contributed by atoms with Crippen LogP contribution in [-0.4, -0.2) is 44.5 Å². The molecule has 4 aromatic rings. The van der Waals surface area contributed by atoms with Crippen molar-refractivity contribution >= 4 is 39.3 Å². The highest BCUT2D eigenvalue weighted by atomic mass is 19.1. The lowest BCUT2D eigenvalue weighted by Crippen LogP contribution is -2.43. The summed E-state index contributed by atoms with van der Waals surface area (Å²) in [6, 6.07) is 10.9. The van der Waals surface area contributed by atoms with Gasteiger partial charge in [-0.05, 0) is 55.3 Å². The van der Waals surface area contributed by atoms with Gasteiger partial charge in [-0.15, -0.1) is 0 Å². The molecule has 1 aliphatic heterocycles. The van der Waals surface area contributed by atoms with Crippen molar-refractivity contribution in [1.82, 2.24) is 20.1 Å².